The zero-order valence-electron chi connectivity index (χ0n) is 13.9. The van der Waals surface area contributed by atoms with Crippen molar-refractivity contribution >= 4 is 35.6 Å². The predicted octanol–water partition coefficient (Wildman–Crippen LogP) is 5.31. The number of hydrogen-bond donors (Lipinski definition) is 0. The third-order valence-corrected chi connectivity index (χ3v) is 5.69. The minimum atomic E-state index is 0. The first kappa shape index (κ1) is 18.7. The van der Waals surface area contributed by atoms with E-state index in [2.05, 4.69) is 30.1 Å². The molecule has 25 heavy (non-hydrogen) atoms. The molecular weight excluding hydrogens is 381 g/mol. The van der Waals surface area contributed by atoms with E-state index in [4.69, 9.17) is 32.7 Å². The number of benzene rings is 2. The number of fused-ring (bicyclic) bond motifs is 2. The summed E-state index contributed by atoms with van der Waals surface area (Å²) in [4.78, 5) is 2.42. The lowest BCUT2D eigenvalue weighted by Crippen LogP contribution is -2.32. The summed E-state index contributed by atoms with van der Waals surface area (Å²) in [5.74, 6) is 1.74. The molecule has 1 unspecified atom stereocenters. The highest BCUT2D eigenvalue weighted by molar-refractivity contribution is 6.42. The van der Waals surface area contributed by atoms with Gasteiger partial charge in [-0.3, -0.25) is 4.90 Å². The van der Waals surface area contributed by atoms with Crippen LogP contribution in [0.5, 0.6) is 11.5 Å². The van der Waals surface area contributed by atoms with Crippen molar-refractivity contribution in [3.63, 3.8) is 0 Å². The van der Waals surface area contributed by atoms with Crippen molar-refractivity contribution in [2.24, 2.45) is 0 Å². The summed E-state index contributed by atoms with van der Waals surface area (Å²) >= 11 is 12.1. The molecule has 0 N–H and O–H groups in total. The Morgan fingerprint density at radius 2 is 1.84 bits per heavy atom. The minimum absolute atomic E-state index is 0. The van der Waals surface area contributed by atoms with Crippen LogP contribution in [0.3, 0.4) is 0 Å². The highest BCUT2D eigenvalue weighted by atomic mass is 35.5. The van der Waals surface area contributed by atoms with Gasteiger partial charge in [-0.2, -0.15) is 0 Å². The van der Waals surface area contributed by atoms with Gasteiger partial charge in [0.1, 0.15) is 0 Å². The average Bonchev–Trinajstić information content (AvgIpc) is 3.02. The van der Waals surface area contributed by atoms with Crippen LogP contribution in [0.2, 0.25) is 10.0 Å². The van der Waals surface area contributed by atoms with E-state index in [9.17, 15) is 0 Å². The molecule has 2 aromatic rings. The van der Waals surface area contributed by atoms with E-state index in [1.165, 1.54) is 16.7 Å². The Morgan fingerprint density at radius 3 is 2.60 bits per heavy atom. The first-order valence-corrected chi connectivity index (χ1v) is 8.94. The number of nitrogens with zero attached hydrogens (tertiary/aromatic N) is 1. The maximum absolute atomic E-state index is 6.14. The van der Waals surface area contributed by atoms with Gasteiger partial charge >= 0.3 is 0 Å². The van der Waals surface area contributed by atoms with Gasteiger partial charge in [-0.25, -0.2) is 0 Å². The number of ether oxygens (including phenoxy) is 2. The van der Waals surface area contributed by atoms with Crippen LogP contribution in [-0.4, -0.2) is 25.3 Å². The van der Waals surface area contributed by atoms with Gasteiger partial charge in [0.2, 0.25) is 6.79 Å². The average molecular weight is 401 g/mol. The van der Waals surface area contributed by atoms with Gasteiger partial charge < -0.3 is 9.47 Å². The topological polar surface area (TPSA) is 21.7 Å². The fourth-order valence-corrected chi connectivity index (χ4v) is 3.91. The van der Waals surface area contributed by atoms with Crippen LogP contribution >= 0.6 is 35.6 Å². The van der Waals surface area contributed by atoms with Crippen LogP contribution in [0.15, 0.2) is 30.3 Å². The van der Waals surface area contributed by atoms with E-state index in [0.717, 1.165) is 37.3 Å². The number of halogens is 3. The van der Waals surface area contributed by atoms with Gasteiger partial charge in [-0.05, 0) is 67.3 Å². The zero-order valence-corrected chi connectivity index (χ0v) is 16.3. The van der Waals surface area contributed by atoms with Gasteiger partial charge in [0.25, 0.3) is 0 Å². The van der Waals surface area contributed by atoms with Gasteiger partial charge in [0.05, 0.1) is 10.0 Å². The molecule has 0 radical (unpaired) electrons. The minimum Gasteiger partial charge on any atom is -0.454 e. The van der Waals surface area contributed by atoms with E-state index in [1.807, 2.05) is 12.1 Å². The molecule has 2 heterocycles. The maximum Gasteiger partial charge on any atom is 0.231 e. The van der Waals surface area contributed by atoms with Gasteiger partial charge in [-0.15, -0.1) is 12.4 Å². The van der Waals surface area contributed by atoms with Crippen molar-refractivity contribution < 1.29 is 9.47 Å². The molecule has 2 aliphatic rings. The summed E-state index contributed by atoms with van der Waals surface area (Å²) in [6.07, 6.45) is 3.03. The Balaban J connectivity index is 0.00000182. The molecule has 0 amide bonds. The molecule has 0 saturated carbocycles. The van der Waals surface area contributed by atoms with Crippen molar-refractivity contribution in [2.45, 2.75) is 25.3 Å². The summed E-state index contributed by atoms with van der Waals surface area (Å²) in [6.45, 7) is 1.38. The van der Waals surface area contributed by atoms with Crippen LogP contribution in [0.1, 0.15) is 29.2 Å². The summed E-state index contributed by atoms with van der Waals surface area (Å²) in [5, 5.41) is 1.23. The molecule has 0 spiro atoms. The fourth-order valence-electron chi connectivity index (χ4n) is 3.59. The molecule has 0 aromatic heterocycles. The predicted molar refractivity (Wildman–Crippen MR) is 104 cm³/mol. The van der Waals surface area contributed by atoms with E-state index in [-0.39, 0.29) is 12.4 Å². The van der Waals surface area contributed by atoms with E-state index in [1.54, 1.807) is 0 Å². The van der Waals surface area contributed by atoms with Crippen molar-refractivity contribution in [1.82, 2.24) is 4.90 Å². The third-order valence-electron chi connectivity index (χ3n) is 4.95. The van der Waals surface area contributed by atoms with Crippen molar-refractivity contribution in [3.05, 3.63) is 57.1 Å². The molecule has 3 nitrogen and oxygen atoms in total. The van der Waals surface area contributed by atoms with Crippen molar-refractivity contribution in [1.29, 1.82) is 0 Å². The molecule has 1 atom stereocenters. The normalized spacial score (nSPS) is 18.6. The zero-order chi connectivity index (χ0) is 16.7. The Morgan fingerprint density at radius 1 is 1.08 bits per heavy atom. The van der Waals surface area contributed by atoms with Crippen LogP contribution in [0, 0.1) is 0 Å². The highest BCUT2D eigenvalue weighted by Gasteiger charge is 2.28. The molecule has 134 valence electrons. The molecule has 0 fully saturated rings. The lowest BCUT2D eigenvalue weighted by Gasteiger charge is -2.35. The van der Waals surface area contributed by atoms with Crippen LogP contribution < -0.4 is 9.47 Å². The molecule has 0 aliphatic carbocycles. The van der Waals surface area contributed by atoms with E-state index >= 15 is 0 Å². The molecule has 6 heteroatoms. The SMILES string of the molecule is CN1CCc2cc3c(cc2C1CCc1ccc(Cl)c(Cl)c1)OCO3.Cl. The lowest BCUT2D eigenvalue weighted by molar-refractivity contribution is 0.174. The quantitative estimate of drug-likeness (QED) is 0.697. The van der Waals surface area contributed by atoms with Crippen molar-refractivity contribution in [2.75, 3.05) is 20.4 Å². The van der Waals surface area contributed by atoms with E-state index < -0.39 is 0 Å². The number of rotatable bonds is 3. The summed E-state index contributed by atoms with van der Waals surface area (Å²) < 4.78 is 11.1. The van der Waals surface area contributed by atoms with E-state index in [0.29, 0.717) is 22.9 Å². The number of likely N-dealkylation sites (N-methyl/N-ethyl adjacent to an activating group) is 1. The van der Waals surface area contributed by atoms with Crippen LogP contribution in [-0.2, 0) is 12.8 Å². The van der Waals surface area contributed by atoms with Crippen LogP contribution in [0.25, 0.3) is 0 Å². The highest BCUT2D eigenvalue weighted by Crippen LogP contribution is 2.41. The largest absolute Gasteiger partial charge is 0.454 e. The molecule has 2 aliphatic heterocycles. The van der Waals surface area contributed by atoms with Gasteiger partial charge in [0, 0.05) is 12.6 Å². The Hall–Kier alpha value is -1.13. The molecular formula is C19H20Cl3NO2. The third kappa shape index (κ3) is 3.70. The fraction of sp³-hybridized carbons (Fsp3) is 0.368. The maximum atomic E-state index is 6.14. The molecule has 0 saturated heterocycles. The Bertz CT molecular complexity index is 782. The number of aryl methyl sites for hydroxylation is 1. The molecule has 0 bridgehead atoms. The number of hydrogen-bond acceptors (Lipinski definition) is 3. The summed E-state index contributed by atoms with van der Waals surface area (Å²) in [7, 11) is 2.19. The van der Waals surface area contributed by atoms with Crippen LogP contribution in [0.4, 0.5) is 0 Å². The van der Waals surface area contributed by atoms with Gasteiger partial charge in [0.15, 0.2) is 11.5 Å². The smallest absolute Gasteiger partial charge is 0.231 e. The van der Waals surface area contributed by atoms with Gasteiger partial charge in [-0.1, -0.05) is 29.3 Å². The molecule has 2 aromatic carbocycles. The second-order valence-electron chi connectivity index (χ2n) is 6.44. The second kappa shape index (κ2) is 7.63. The summed E-state index contributed by atoms with van der Waals surface area (Å²) in [5.41, 5.74) is 3.94. The first-order chi connectivity index (χ1) is 11.6. The summed E-state index contributed by atoms with van der Waals surface area (Å²) in [6, 6.07) is 10.6. The standard InChI is InChI=1S/C19H19Cl2NO2.ClH/c1-22-7-6-13-9-18-19(24-11-23-18)10-14(13)17(22)5-3-12-2-4-15(20)16(21)8-12;/h2,4,8-10,17H,3,5-7,11H2,1H3;1H. The Kier molecular flexibility index (Phi) is 5.69. The lowest BCUT2D eigenvalue weighted by atomic mass is 9.89. The second-order valence-corrected chi connectivity index (χ2v) is 7.25. The van der Waals surface area contributed by atoms with Crippen molar-refractivity contribution in [3.8, 4) is 11.5 Å². The Labute approximate surface area is 164 Å². The monoisotopic (exact) mass is 399 g/mol. The molecule has 4 rings (SSSR count). The first-order valence-electron chi connectivity index (χ1n) is 8.18.